The Morgan fingerprint density at radius 1 is 1.18 bits per heavy atom. The quantitative estimate of drug-likeness (QED) is 0.404. The van der Waals surface area contributed by atoms with Gasteiger partial charge >= 0.3 is 5.97 Å². The highest BCUT2D eigenvalue weighted by Crippen LogP contribution is 2.62. The summed E-state index contributed by atoms with van der Waals surface area (Å²) in [6.07, 6.45) is 12.5. The van der Waals surface area contributed by atoms with Crippen LogP contribution >= 0.6 is 0 Å². The van der Waals surface area contributed by atoms with Crippen molar-refractivity contribution in [1.82, 2.24) is 14.9 Å². The fourth-order valence-corrected chi connectivity index (χ4v) is 6.84. The van der Waals surface area contributed by atoms with Gasteiger partial charge in [0.15, 0.2) is 0 Å². The molecule has 2 aliphatic rings. The Balaban J connectivity index is 1.39. The molecule has 2 N–H and O–H groups in total. The summed E-state index contributed by atoms with van der Waals surface area (Å²) < 4.78 is 7.46. The zero-order chi connectivity index (χ0) is 24.1. The van der Waals surface area contributed by atoms with Crippen LogP contribution in [-0.4, -0.2) is 45.3 Å². The minimum Gasteiger partial charge on any atom is -0.466 e. The highest BCUT2D eigenvalue weighted by molar-refractivity contribution is 5.81. The van der Waals surface area contributed by atoms with Gasteiger partial charge in [-0.05, 0) is 68.1 Å². The fourth-order valence-electron chi connectivity index (χ4n) is 6.84. The molecular formula is C26H43N3O4. The van der Waals surface area contributed by atoms with Crippen LogP contribution in [0.4, 0.5) is 0 Å². The average Bonchev–Trinajstić information content (AvgIpc) is 3.24. The lowest BCUT2D eigenvalue weighted by atomic mass is 9.45. The average molecular weight is 462 g/mol. The van der Waals surface area contributed by atoms with Crippen LogP contribution in [0, 0.1) is 22.7 Å². The molecule has 1 heterocycles. The SMILES string of the molecule is CC1(C)CCC[C@@]2(C)C1CC[C@@](C)(O)[C@@H]2CCOC(=O)CCC(=O)NCCCn1ccnc1. The van der Waals surface area contributed by atoms with Crippen molar-refractivity contribution >= 4 is 11.9 Å². The number of amides is 1. The van der Waals surface area contributed by atoms with Crippen molar-refractivity contribution in [3.05, 3.63) is 18.7 Å². The number of carbonyl (C=O) groups excluding carboxylic acids is 2. The third-order valence-electron chi connectivity index (χ3n) is 8.46. The van der Waals surface area contributed by atoms with Gasteiger partial charge in [-0.2, -0.15) is 0 Å². The third-order valence-corrected chi connectivity index (χ3v) is 8.46. The number of nitrogens with one attached hydrogen (secondary N) is 1. The van der Waals surface area contributed by atoms with Crippen LogP contribution in [0.3, 0.4) is 0 Å². The molecule has 2 saturated carbocycles. The predicted octanol–water partition coefficient (Wildman–Crippen LogP) is 4.10. The molecule has 0 bridgehead atoms. The van der Waals surface area contributed by atoms with Crippen molar-refractivity contribution in [3.8, 4) is 0 Å². The topological polar surface area (TPSA) is 93.5 Å². The molecule has 2 fully saturated rings. The summed E-state index contributed by atoms with van der Waals surface area (Å²) in [5.41, 5.74) is -0.390. The second kappa shape index (κ2) is 10.6. The van der Waals surface area contributed by atoms with Crippen molar-refractivity contribution in [2.45, 2.75) is 97.6 Å². The Hall–Kier alpha value is -1.89. The van der Waals surface area contributed by atoms with Crippen molar-refractivity contribution < 1.29 is 19.4 Å². The summed E-state index contributed by atoms with van der Waals surface area (Å²) in [5.74, 6) is 0.212. The first-order chi connectivity index (χ1) is 15.5. The largest absolute Gasteiger partial charge is 0.466 e. The molecule has 1 aromatic heterocycles. The molecule has 2 aliphatic carbocycles. The normalized spacial score (nSPS) is 30.9. The molecule has 1 unspecified atom stereocenters. The number of nitrogens with zero attached hydrogens (tertiary/aromatic N) is 2. The Bertz CT molecular complexity index is 789. The second-order valence-corrected chi connectivity index (χ2v) is 11.4. The lowest BCUT2D eigenvalue weighted by Gasteiger charge is -2.61. The van der Waals surface area contributed by atoms with Crippen LogP contribution in [0.1, 0.15) is 85.5 Å². The monoisotopic (exact) mass is 461 g/mol. The lowest BCUT2D eigenvalue weighted by Crippen LogP contribution is -2.57. The summed E-state index contributed by atoms with van der Waals surface area (Å²) in [4.78, 5) is 28.2. The van der Waals surface area contributed by atoms with Gasteiger partial charge in [0.2, 0.25) is 5.91 Å². The van der Waals surface area contributed by atoms with E-state index in [0.717, 1.165) is 32.2 Å². The number of carbonyl (C=O) groups is 2. The molecule has 0 spiro atoms. The van der Waals surface area contributed by atoms with Gasteiger partial charge in [0.1, 0.15) is 0 Å². The third kappa shape index (κ3) is 6.37. The first kappa shape index (κ1) is 25.7. The number of rotatable bonds is 10. The number of ether oxygens (including phenoxy) is 1. The van der Waals surface area contributed by atoms with Crippen molar-refractivity contribution in [2.24, 2.45) is 22.7 Å². The van der Waals surface area contributed by atoms with E-state index >= 15 is 0 Å². The van der Waals surface area contributed by atoms with E-state index in [0.29, 0.717) is 25.5 Å². The molecule has 7 nitrogen and oxygen atoms in total. The molecular weight excluding hydrogens is 418 g/mol. The van der Waals surface area contributed by atoms with E-state index in [1.807, 2.05) is 17.7 Å². The molecule has 33 heavy (non-hydrogen) atoms. The maximum Gasteiger partial charge on any atom is 0.306 e. The minimum atomic E-state index is -0.734. The summed E-state index contributed by atoms with van der Waals surface area (Å²) in [5, 5.41) is 14.1. The van der Waals surface area contributed by atoms with Crippen LogP contribution in [-0.2, 0) is 20.9 Å². The van der Waals surface area contributed by atoms with Gasteiger partial charge in [0, 0.05) is 31.9 Å². The van der Waals surface area contributed by atoms with E-state index < -0.39 is 5.60 Å². The highest BCUT2D eigenvalue weighted by atomic mass is 16.5. The van der Waals surface area contributed by atoms with E-state index in [1.165, 1.54) is 12.8 Å². The zero-order valence-corrected chi connectivity index (χ0v) is 20.9. The van der Waals surface area contributed by atoms with Crippen molar-refractivity contribution in [3.63, 3.8) is 0 Å². The van der Waals surface area contributed by atoms with E-state index in [2.05, 4.69) is 31.1 Å². The first-order valence-electron chi connectivity index (χ1n) is 12.6. The predicted molar refractivity (Wildman–Crippen MR) is 127 cm³/mol. The van der Waals surface area contributed by atoms with Gasteiger partial charge in [-0.3, -0.25) is 9.59 Å². The molecule has 3 rings (SSSR count). The summed E-state index contributed by atoms with van der Waals surface area (Å²) in [6, 6.07) is 0. The summed E-state index contributed by atoms with van der Waals surface area (Å²) in [7, 11) is 0. The number of imidazole rings is 1. The number of hydrogen-bond donors (Lipinski definition) is 2. The molecule has 0 saturated heterocycles. The molecule has 186 valence electrons. The van der Waals surface area contributed by atoms with E-state index in [-0.39, 0.29) is 41.5 Å². The molecule has 0 aromatic carbocycles. The highest BCUT2D eigenvalue weighted by Gasteiger charge is 2.57. The van der Waals surface area contributed by atoms with Gasteiger partial charge in [0.25, 0.3) is 0 Å². The zero-order valence-electron chi connectivity index (χ0n) is 20.9. The molecule has 7 heteroatoms. The van der Waals surface area contributed by atoms with Gasteiger partial charge in [-0.1, -0.05) is 27.2 Å². The fraction of sp³-hybridized carbons (Fsp3) is 0.808. The number of esters is 1. The number of hydrogen-bond acceptors (Lipinski definition) is 5. The van der Waals surface area contributed by atoms with Crippen LogP contribution < -0.4 is 5.32 Å². The van der Waals surface area contributed by atoms with Crippen LogP contribution in [0.25, 0.3) is 0 Å². The Labute approximate surface area is 198 Å². The van der Waals surface area contributed by atoms with Crippen molar-refractivity contribution in [2.75, 3.05) is 13.2 Å². The molecule has 0 aliphatic heterocycles. The maximum atomic E-state index is 12.2. The summed E-state index contributed by atoms with van der Waals surface area (Å²) >= 11 is 0. The Morgan fingerprint density at radius 3 is 2.70 bits per heavy atom. The van der Waals surface area contributed by atoms with Gasteiger partial charge in [-0.25, -0.2) is 4.98 Å². The second-order valence-electron chi connectivity index (χ2n) is 11.4. The lowest BCUT2D eigenvalue weighted by molar-refractivity contribution is -0.175. The number of aliphatic hydroxyl groups is 1. The van der Waals surface area contributed by atoms with Crippen LogP contribution in [0.15, 0.2) is 18.7 Å². The standard InChI is InChI=1S/C26H43N3O4/c1-24(2)11-5-12-25(3)20(24)9-13-26(4,32)21(25)10-18-33-23(31)8-7-22(30)28-14-6-16-29-17-15-27-19-29/h15,17,19-21,32H,5-14,16,18H2,1-4H3,(H,28,30)/t20?,21-,25+,26-/m1/s1. The van der Waals surface area contributed by atoms with Crippen LogP contribution in [0.2, 0.25) is 0 Å². The minimum absolute atomic E-state index is 0.0620. The smallest absolute Gasteiger partial charge is 0.306 e. The van der Waals surface area contributed by atoms with Crippen molar-refractivity contribution in [1.29, 1.82) is 0 Å². The molecule has 1 aromatic rings. The molecule has 0 radical (unpaired) electrons. The van der Waals surface area contributed by atoms with Crippen LogP contribution in [0.5, 0.6) is 0 Å². The van der Waals surface area contributed by atoms with Gasteiger partial charge in [0.05, 0.1) is 25.0 Å². The Kier molecular flexibility index (Phi) is 8.25. The van der Waals surface area contributed by atoms with E-state index in [1.54, 1.807) is 12.5 Å². The first-order valence-corrected chi connectivity index (χ1v) is 12.6. The summed E-state index contributed by atoms with van der Waals surface area (Å²) in [6.45, 7) is 10.7. The van der Waals surface area contributed by atoms with E-state index in [9.17, 15) is 14.7 Å². The number of fused-ring (bicyclic) bond motifs is 1. The molecule has 4 atom stereocenters. The van der Waals surface area contributed by atoms with E-state index in [4.69, 9.17) is 4.74 Å². The maximum absolute atomic E-state index is 12.2. The number of aryl methyl sites for hydroxylation is 1. The van der Waals surface area contributed by atoms with Gasteiger partial charge in [-0.15, -0.1) is 0 Å². The molecule has 1 amide bonds. The Morgan fingerprint density at radius 2 is 1.97 bits per heavy atom. The van der Waals surface area contributed by atoms with Gasteiger partial charge < -0.3 is 19.7 Å². The number of aromatic nitrogens is 2.